The lowest BCUT2D eigenvalue weighted by atomic mass is 9.85. The highest BCUT2D eigenvalue weighted by molar-refractivity contribution is 5.96. The molecule has 2 aliphatic carbocycles. The van der Waals surface area contributed by atoms with Crippen molar-refractivity contribution in [3.05, 3.63) is 66.5 Å². The van der Waals surface area contributed by atoms with Gasteiger partial charge in [0.25, 0.3) is 0 Å². The quantitative estimate of drug-likeness (QED) is 0.158. The largest absolute Gasteiger partial charge is 0.479 e. The van der Waals surface area contributed by atoms with Gasteiger partial charge in [0.15, 0.2) is 0 Å². The van der Waals surface area contributed by atoms with Gasteiger partial charge in [0, 0.05) is 24.2 Å². The Labute approximate surface area is 291 Å². The van der Waals surface area contributed by atoms with Crippen molar-refractivity contribution in [3.63, 3.8) is 0 Å². The van der Waals surface area contributed by atoms with Crippen LogP contribution in [-0.4, -0.2) is 74.8 Å². The summed E-state index contributed by atoms with van der Waals surface area (Å²) >= 11 is 0. The van der Waals surface area contributed by atoms with Crippen molar-refractivity contribution < 1.29 is 33.9 Å². The van der Waals surface area contributed by atoms with E-state index in [1.54, 1.807) is 6.08 Å². The number of nitrogens with zero attached hydrogens (tertiary/aromatic N) is 3. The van der Waals surface area contributed by atoms with Crippen LogP contribution in [0, 0.1) is 11.3 Å². The van der Waals surface area contributed by atoms with Crippen molar-refractivity contribution in [2.24, 2.45) is 23.5 Å². The Hall–Kier alpha value is -4.87. The van der Waals surface area contributed by atoms with Crippen LogP contribution >= 0.6 is 0 Å². The summed E-state index contributed by atoms with van der Waals surface area (Å²) in [6, 6.07) is 13.6. The van der Waals surface area contributed by atoms with E-state index in [2.05, 4.69) is 26.9 Å². The van der Waals surface area contributed by atoms with Gasteiger partial charge in [0.2, 0.25) is 11.8 Å². The summed E-state index contributed by atoms with van der Waals surface area (Å²) in [5, 5.41) is 22.7. The van der Waals surface area contributed by atoms with Gasteiger partial charge in [0.05, 0.1) is 17.6 Å². The molecule has 5 atom stereocenters. The topological polar surface area (TPSA) is 152 Å². The van der Waals surface area contributed by atoms with Gasteiger partial charge in [-0.3, -0.25) is 9.59 Å². The number of fused-ring (bicyclic) bond motifs is 2. The van der Waals surface area contributed by atoms with E-state index in [4.69, 9.17) is 9.57 Å². The summed E-state index contributed by atoms with van der Waals surface area (Å²) < 4.78 is 7.72. The number of carbonyl (C=O) groups excluding carboxylic acids is 3. The molecule has 1 aliphatic heterocycles. The number of alkyl carbamates (subject to hydrolysis) is 1. The number of benzene rings is 2. The Balaban J connectivity index is 1.32. The van der Waals surface area contributed by atoms with Crippen molar-refractivity contribution >= 4 is 45.7 Å². The highest BCUT2D eigenvalue weighted by Gasteiger charge is 2.62. The SMILES string of the molecule is C=CC[C@@H]1C[C@]1(NC(=O)[C@@H]1C[C@@H](ON=c2c3ccccc3n(C)c3ccccc23)CN1C(=O)[C@@H](NC(=O)OC1CCCC1)C(C)(C)C)C(=O)O. The number of hydrogen-bond donors (Lipinski definition) is 3. The molecule has 1 aromatic heterocycles. The average Bonchev–Trinajstić information content (AvgIpc) is 3.38. The van der Waals surface area contributed by atoms with E-state index in [1.807, 2.05) is 76.3 Å². The van der Waals surface area contributed by atoms with Crippen LogP contribution in [0.1, 0.15) is 65.7 Å². The number of ether oxygens (including phenoxy) is 1. The number of allylic oxidation sites excluding steroid dienone is 1. The molecule has 6 rings (SSSR count). The van der Waals surface area contributed by atoms with Crippen LogP contribution in [0.25, 0.3) is 21.8 Å². The van der Waals surface area contributed by atoms with Crippen molar-refractivity contribution in [2.45, 2.75) is 95.5 Å². The van der Waals surface area contributed by atoms with Gasteiger partial charge in [-0.1, -0.05) is 68.4 Å². The standard InChI is InChI=1S/C38H47N5O7/c1-6-13-23-21-38(23,35(46)47)40-33(44)30-20-25(22-43(30)34(45)32(37(2,3)4)39-36(48)49-24-14-7-8-15-24)50-41-31-26-16-9-11-18-28(26)42(5)29-19-12-10-17-27(29)31/h6,9-12,16-19,23-25,30,32H,1,7-8,13-15,20-22H2,2-5H3,(H,39,48)(H,40,44)(H,46,47)/t23-,25-,30+,32-,38-/m1/s1. The minimum atomic E-state index is -1.44. The number of nitrogens with one attached hydrogen (secondary N) is 2. The minimum absolute atomic E-state index is 0.00101. The fraction of sp³-hybridized carbons (Fsp3) is 0.500. The molecule has 3 fully saturated rings. The van der Waals surface area contributed by atoms with Crippen LogP contribution in [-0.2, 0) is 31.0 Å². The third-order valence-electron chi connectivity index (χ3n) is 10.4. The second kappa shape index (κ2) is 13.8. The smallest absolute Gasteiger partial charge is 0.408 e. The maximum Gasteiger partial charge on any atom is 0.408 e. The lowest BCUT2D eigenvalue weighted by Gasteiger charge is -2.35. The van der Waals surface area contributed by atoms with Gasteiger partial charge in [0.1, 0.15) is 35.2 Å². The number of hydrogen-bond acceptors (Lipinski definition) is 7. The summed E-state index contributed by atoms with van der Waals surface area (Å²) in [6.07, 6.45) is 4.35. The first kappa shape index (κ1) is 35.0. The number of pyridine rings is 1. The first-order valence-corrected chi connectivity index (χ1v) is 17.4. The molecule has 12 heteroatoms. The van der Waals surface area contributed by atoms with Gasteiger partial charge in [-0.25, -0.2) is 9.59 Å². The highest BCUT2D eigenvalue weighted by atomic mass is 16.6. The predicted octanol–water partition coefficient (Wildman–Crippen LogP) is 4.75. The summed E-state index contributed by atoms with van der Waals surface area (Å²) in [5.74, 6) is -2.51. The zero-order valence-electron chi connectivity index (χ0n) is 29.2. The molecule has 3 aliphatic rings. The number of carboxylic acids is 1. The number of likely N-dealkylation sites (tertiary alicyclic amines) is 1. The number of para-hydroxylation sites is 2. The van der Waals surface area contributed by atoms with Crippen LogP contribution in [0.3, 0.4) is 0 Å². The minimum Gasteiger partial charge on any atom is -0.479 e. The van der Waals surface area contributed by atoms with E-state index >= 15 is 0 Å². The number of carbonyl (C=O) groups is 4. The van der Waals surface area contributed by atoms with E-state index in [1.165, 1.54) is 4.90 Å². The van der Waals surface area contributed by atoms with E-state index in [-0.39, 0.29) is 31.4 Å². The average molecular weight is 686 g/mol. The molecule has 2 heterocycles. The molecule has 3 N–H and O–H groups in total. The number of rotatable bonds is 10. The van der Waals surface area contributed by atoms with Crippen LogP contribution in [0.2, 0.25) is 0 Å². The molecule has 2 saturated carbocycles. The maximum absolute atomic E-state index is 14.4. The second-order valence-corrected chi connectivity index (χ2v) is 14.9. The Bertz CT molecular complexity index is 1830. The molecule has 266 valence electrons. The van der Waals surface area contributed by atoms with Gasteiger partial charge in [-0.2, -0.15) is 0 Å². The van der Waals surface area contributed by atoms with Crippen LogP contribution in [0.4, 0.5) is 4.79 Å². The number of aromatic nitrogens is 1. The van der Waals surface area contributed by atoms with Crippen molar-refractivity contribution in [1.82, 2.24) is 20.1 Å². The zero-order chi connectivity index (χ0) is 35.8. The fourth-order valence-corrected chi connectivity index (χ4v) is 7.51. The molecule has 2 aromatic carbocycles. The molecule has 0 spiro atoms. The molecule has 0 unspecified atom stereocenters. The van der Waals surface area contributed by atoms with Crippen molar-refractivity contribution in [3.8, 4) is 0 Å². The molecule has 1 saturated heterocycles. The van der Waals surface area contributed by atoms with Gasteiger partial charge in [-0.05, 0) is 62.0 Å². The van der Waals surface area contributed by atoms with Crippen LogP contribution in [0.15, 0.2) is 66.3 Å². The Morgan fingerprint density at radius 1 is 1.04 bits per heavy atom. The Morgan fingerprint density at radius 3 is 2.24 bits per heavy atom. The van der Waals surface area contributed by atoms with E-state index in [9.17, 15) is 24.3 Å². The molecule has 3 aromatic rings. The van der Waals surface area contributed by atoms with Crippen molar-refractivity contribution in [1.29, 1.82) is 0 Å². The first-order valence-electron chi connectivity index (χ1n) is 17.4. The van der Waals surface area contributed by atoms with E-state index < -0.39 is 53.0 Å². The highest BCUT2D eigenvalue weighted by Crippen LogP contribution is 2.46. The summed E-state index contributed by atoms with van der Waals surface area (Å²) in [6.45, 7) is 9.21. The van der Waals surface area contributed by atoms with Gasteiger partial charge >= 0.3 is 12.1 Å². The third-order valence-corrected chi connectivity index (χ3v) is 10.4. The van der Waals surface area contributed by atoms with Gasteiger partial charge < -0.3 is 34.8 Å². The normalized spacial score (nSPS) is 24.1. The lowest BCUT2D eigenvalue weighted by Crippen LogP contribution is -2.59. The maximum atomic E-state index is 14.4. The molecule has 50 heavy (non-hydrogen) atoms. The lowest BCUT2D eigenvalue weighted by molar-refractivity contribution is -0.146. The van der Waals surface area contributed by atoms with Crippen LogP contribution in [0.5, 0.6) is 0 Å². The summed E-state index contributed by atoms with van der Waals surface area (Å²) in [4.78, 5) is 61.4. The monoisotopic (exact) mass is 685 g/mol. The summed E-state index contributed by atoms with van der Waals surface area (Å²) in [7, 11) is 1.99. The number of aryl methyl sites for hydroxylation is 1. The first-order chi connectivity index (χ1) is 23.8. The van der Waals surface area contributed by atoms with E-state index in [0.717, 1.165) is 47.5 Å². The Kier molecular flexibility index (Phi) is 9.65. The second-order valence-electron chi connectivity index (χ2n) is 14.9. The number of aliphatic carboxylic acids is 1. The molecule has 0 bridgehead atoms. The molecular formula is C38H47N5O7. The third kappa shape index (κ3) is 6.80. The fourth-order valence-electron chi connectivity index (χ4n) is 7.51. The molecular weight excluding hydrogens is 638 g/mol. The van der Waals surface area contributed by atoms with Crippen LogP contribution < -0.4 is 16.0 Å². The van der Waals surface area contributed by atoms with Crippen molar-refractivity contribution in [2.75, 3.05) is 6.54 Å². The molecule has 0 radical (unpaired) electrons. The molecule has 12 nitrogen and oxygen atoms in total. The number of carboxylic acid groups (broad SMARTS) is 1. The molecule has 3 amide bonds. The Morgan fingerprint density at radius 2 is 1.66 bits per heavy atom. The van der Waals surface area contributed by atoms with Gasteiger partial charge in [-0.15, -0.1) is 6.58 Å². The predicted molar refractivity (Wildman–Crippen MR) is 188 cm³/mol. The number of amides is 3. The zero-order valence-corrected chi connectivity index (χ0v) is 29.2. The van der Waals surface area contributed by atoms with E-state index in [0.29, 0.717) is 11.8 Å². The summed E-state index contributed by atoms with van der Waals surface area (Å²) in [5.41, 5.74) is -0.278.